The van der Waals surface area contributed by atoms with Crippen LogP contribution < -0.4 is 9.46 Å². The van der Waals surface area contributed by atoms with Crippen molar-refractivity contribution in [3.8, 4) is 28.1 Å². The second kappa shape index (κ2) is 9.31. The number of halogens is 1. The SMILES string of the molecule is COc1ncc(-c2ccc3nccc(-c4ccnnc4)c3c2)cc1NS(=O)(=O)c1cc(C)cc(F)c1. The number of ether oxygens (including phenoxy) is 1. The van der Waals surface area contributed by atoms with Gasteiger partial charge in [-0.2, -0.15) is 10.2 Å². The van der Waals surface area contributed by atoms with Gasteiger partial charge < -0.3 is 4.74 Å². The summed E-state index contributed by atoms with van der Waals surface area (Å²) >= 11 is 0. The van der Waals surface area contributed by atoms with E-state index < -0.39 is 15.8 Å². The molecular formula is C26H20FN5O3S. The monoisotopic (exact) mass is 501 g/mol. The molecule has 8 nitrogen and oxygen atoms in total. The Labute approximate surface area is 206 Å². The first-order valence-corrected chi connectivity index (χ1v) is 12.3. The Balaban J connectivity index is 1.58. The van der Waals surface area contributed by atoms with Gasteiger partial charge >= 0.3 is 0 Å². The number of nitrogens with zero attached hydrogens (tertiary/aromatic N) is 4. The average Bonchev–Trinajstić information content (AvgIpc) is 2.88. The van der Waals surface area contributed by atoms with Crippen LogP contribution in [0.15, 0.2) is 84.3 Å². The summed E-state index contributed by atoms with van der Waals surface area (Å²) < 4.78 is 47.7. The normalized spacial score (nSPS) is 11.4. The largest absolute Gasteiger partial charge is 0.480 e. The second-order valence-corrected chi connectivity index (χ2v) is 9.75. The van der Waals surface area contributed by atoms with Crippen LogP contribution >= 0.6 is 0 Å². The van der Waals surface area contributed by atoms with Gasteiger partial charge in [-0.1, -0.05) is 6.07 Å². The Morgan fingerprint density at radius 3 is 2.47 bits per heavy atom. The van der Waals surface area contributed by atoms with Gasteiger partial charge in [-0.3, -0.25) is 9.71 Å². The maximum Gasteiger partial charge on any atom is 0.262 e. The molecule has 10 heteroatoms. The van der Waals surface area contributed by atoms with E-state index >= 15 is 0 Å². The molecule has 1 N–H and O–H groups in total. The van der Waals surface area contributed by atoms with Crippen LogP contribution in [0.5, 0.6) is 5.88 Å². The molecule has 3 aromatic heterocycles. The van der Waals surface area contributed by atoms with Crippen LogP contribution in [-0.2, 0) is 10.0 Å². The number of hydrogen-bond acceptors (Lipinski definition) is 7. The van der Waals surface area contributed by atoms with E-state index in [4.69, 9.17) is 4.74 Å². The predicted octanol–water partition coefficient (Wildman–Crippen LogP) is 5.01. The summed E-state index contributed by atoms with van der Waals surface area (Å²) in [6, 6.07) is 14.7. The highest BCUT2D eigenvalue weighted by molar-refractivity contribution is 7.92. The van der Waals surface area contributed by atoms with Crippen molar-refractivity contribution in [3.63, 3.8) is 0 Å². The highest BCUT2D eigenvalue weighted by Gasteiger charge is 2.19. The number of aryl methyl sites for hydroxylation is 1. The first-order valence-electron chi connectivity index (χ1n) is 10.8. The highest BCUT2D eigenvalue weighted by Crippen LogP contribution is 2.34. The number of hydrogen-bond donors (Lipinski definition) is 1. The predicted molar refractivity (Wildman–Crippen MR) is 134 cm³/mol. The summed E-state index contributed by atoms with van der Waals surface area (Å²) in [5.41, 5.74) is 4.66. The summed E-state index contributed by atoms with van der Waals surface area (Å²) in [6.45, 7) is 1.62. The molecule has 0 aliphatic heterocycles. The molecule has 36 heavy (non-hydrogen) atoms. The molecule has 0 saturated carbocycles. The van der Waals surface area contributed by atoms with Gasteiger partial charge in [0, 0.05) is 28.9 Å². The van der Waals surface area contributed by atoms with Crippen LogP contribution in [0.3, 0.4) is 0 Å². The van der Waals surface area contributed by atoms with Crippen molar-refractivity contribution in [2.24, 2.45) is 0 Å². The van der Waals surface area contributed by atoms with Crippen molar-refractivity contribution >= 4 is 26.6 Å². The van der Waals surface area contributed by atoms with Gasteiger partial charge in [0.1, 0.15) is 11.5 Å². The zero-order valence-corrected chi connectivity index (χ0v) is 20.1. The average molecular weight is 502 g/mol. The Hall–Kier alpha value is -4.44. The molecule has 0 bridgehead atoms. The molecule has 0 fully saturated rings. The van der Waals surface area contributed by atoms with Gasteiger partial charge in [-0.15, -0.1) is 0 Å². The standard InChI is InChI=1S/C26H20FN5O3S/c1-16-9-20(27)13-21(10-16)36(33,34)32-25-12-19(14-29-26(25)35-2)17-3-4-24-23(11-17)22(6-7-28-24)18-5-8-30-31-15-18/h3-15,32H,1-2H3. The summed E-state index contributed by atoms with van der Waals surface area (Å²) in [5, 5.41) is 8.69. The molecule has 0 saturated heterocycles. The number of benzene rings is 2. The van der Waals surface area contributed by atoms with E-state index in [1.54, 1.807) is 37.8 Å². The number of nitrogens with one attached hydrogen (secondary N) is 1. The minimum atomic E-state index is -4.10. The molecule has 5 aromatic rings. The van der Waals surface area contributed by atoms with Crippen LogP contribution in [0.4, 0.5) is 10.1 Å². The lowest BCUT2D eigenvalue weighted by Crippen LogP contribution is -2.14. The molecule has 2 aromatic carbocycles. The van der Waals surface area contributed by atoms with E-state index in [0.717, 1.165) is 33.7 Å². The third-order valence-corrected chi connectivity index (χ3v) is 6.93. The molecule has 0 aliphatic carbocycles. The van der Waals surface area contributed by atoms with Gasteiger partial charge in [0.15, 0.2) is 0 Å². The molecule has 0 amide bonds. The Morgan fingerprint density at radius 2 is 1.72 bits per heavy atom. The van der Waals surface area contributed by atoms with Crippen molar-refractivity contribution < 1.29 is 17.5 Å². The van der Waals surface area contributed by atoms with Gasteiger partial charge in [-0.25, -0.2) is 17.8 Å². The van der Waals surface area contributed by atoms with E-state index in [0.29, 0.717) is 11.1 Å². The van der Waals surface area contributed by atoms with E-state index in [1.165, 1.54) is 19.2 Å². The van der Waals surface area contributed by atoms with Gasteiger partial charge in [0.2, 0.25) is 5.88 Å². The summed E-state index contributed by atoms with van der Waals surface area (Å²) in [6.07, 6.45) is 6.62. The van der Waals surface area contributed by atoms with Gasteiger partial charge in [0.05, 0.1) is 29.9 Å². The van der Waals surface area contributed by atoms with Crippen molar-refractivity contribution in [1.82, 2.24) is 20.2 Å². The van der Waals surface area contributed by atoms with Crippen LogP contribution in [0.1, 0.15) is 5.56 Å². The fourth-order valence-corrected chi connectivity index (χ4v) is 5.10. The zero-order valence-electron chi connectivity index (χ0n) is 19.3. The maximum atomic E-state index is 13.9. The summed E-state index contributed by atoms with van der Waals surface area (Å²) in [7, 11) is -2.71. The summed E-state index contributed by atoms with van der Waals surface area (Å²) in [4.78, 5) is 8.54. The molecule has 0 atom stereocenters. The molecule has 0 aliphatic rings. The molecular weight excluding hydrogens is 481 g/mol. The number of anilines is 1. The fraction of sp³-hybridized carbons (Fsp3) is 0.0769. The molecule has 0 spiro atoms. The lowest BCUT2D eigenvalue weighted by atomic mass is 9.99. The van der Waals surface area contributed by atoms with Crippen molar-refractivity contribution in [3.05, 3.63) is 90.8 Å². The minimum Gasteiger partial charge on any atom is -0.480 e. The van der Waals surface area contributed by atoms with Crippen molar-refractivity contribution in [2.45, 2.75) is 11.8 Å². The zero-order chi connectivity index (χ0) is 25.3. The van der Waals surface area contributed by atoms with Crippen molar-refractivity contribution in [1.29, 1.82) is 0 Å². The maximum absolute atomic E-state index is 13.9. The van der Waals surface area contributed by atoms with Crippen LogP contribution in [0.25, 0.3) is 33.2 Å². The number of sulfonamides is 1. The van der Waals surface area contributed by atoms with E-state index in [2.05, 4.69) is 24.9 Å². The third-order valence-electron chi connectivity index (χ3n) is 5.58. The molecule has 180 valence electrons. The van der Waals surface area contributed by atoms with Crippen LogP contribution in [0.2, 0.25) is 0 Å². The fourth-order valence-electron chi connectivity index (χ4n) is 3.94. The number of pyridine rings is 2. The molecule has 3 heterocycles. The topological polar surface area (TPSA) is 107 Å². The van der Waals surface area contributed by atoms with Crippen LogP contribution in [0, 0.1) is 12.7 Å². The molecule has 5 rings (SSSR count). The van der Waals surface area contributed by atoms with Crippen molar-refractivity contribution in [2.75, 3.05) is 11.8 Å². The highest BCUT2D eigenvalue weighted by atomic mass is 32.2. The van der Waals surface area contributed by atoms with Crippen LogP contribution in [-0.4, -0.2) is 35.7 Å². The minimum absolute atomic E-state index is 0.0847. The van der Waals surface area contributed by atoms with Gasteiger partial charge in [-0.05, 0) is 72.1 Å². The lowest BCUT2D eigenvalue weighted by molar-refractivity contribution is 0.400. The first kappa shape index (κ1) is 23.3. The van der Waals surface area contributed by atoms with E-state index in [9.17, 15) is 12.8 Å². The Bertz CT molecular complexity index is 1680. The number of aromatic nitrogens is 4. The van der Waals surface area contributed by atoms with Gasteiger partial charge in [0.25, 0.3) is 10.0 Å². The Morgan fingerprint density at radius 1 is 0.861 bits per heavy atom. The third kappa shape index (κ3) is 4.58. The molecule has 0 unspecified atom stereocenters. The van der Waals surface area contributed by atoms with E-state index in [-0.39, 0.29) is 16.5 Å². The first-order chi connectivity index (χ1) is 17.3. The number of methoxy groups -OCH3 is 1. The van der Waals surface area contributed by atoms with E-state index in [1.807, 2.05) is 30.3 Å². The molecule has 0 radical (unpaired) electrons. The number of rotatable bonds is 6. The Kier molecular flexibility index (Phi) is 6.03. The number of fused-ring (bicyclic) bond motifs is 1. The second-order valence-electron chi connectivity index (χ2n) is 8.07. The smallest absolute Gasteiger partial charge is 0.262 e. The lowest BCUT2D eigenvalue weighted by Gasteiger charge is -2.14. The quantitative estimate of drug-likeness (QED) is 0.348. The summed E-state index contributed by atoms with van der Waals surface area (Å²) in [5.74, 6) is -0.555.